The van der Waals surface area contributed by atoms with Crippen LogP contribution < -0.4 is 10.8 Å². The largest absolute Gasteiger partial charge is 0.317 e. The molecule has 0 aliphatic rings. The van der Waals surface area contributed by atoms with E-state index in [2.05, 4.69) is 10.8 Å². The topological polar surface area (TPSA) is 84.8 Å². The van der Waals surface area contributed by atoms with E-state index in [0.717, 1.165) is 43.0 Å². The number of nitrogens with one attached hydrogen (secondary N) is 2. The number of unbranched alkanes of at least 4 members (excludes halogenated alkanes) is 1. The molecular formula is C16H25N3O3. The van der Waals surface area contributed by atoms with E-state index in [9.17, 15) is 10.0 Å². The number of benzene rings is 1. The van der Waals surface area contributed by atoms with Crippen molar-refractivity contribution in [3.05, 3.63) is 42.0 Å². The van der Waals surface area contributed by atoms with Gasteiger partial charge in [0.05, 0.1) is 0 Å². The van der Waals surface area contributed by atoms with Crippen LogP contribution in [0.2, 0.25) is 0 Å². The van der Waals surface area contributed by atoms with Crippen LogP contribution in [0.25, 0.3) is 6.08 Å². The zero-order chi connectivity index (χ0) is 16.0. The summed E-state index contributed by atoms with van der Waals surface area (Å²) >= 11 is 0. The quantitative estimate of drug-likeness (QED) is 0.216. The van der Waals surface area contributed by atoms with Crippen LogP contribution in [-0.2, 0) is 4.79 Å². The van der Waals surface area contributed by atoms with Gasteiger partial charge in [-0.05, 0) is 44.0 Å². The highest BCUT2D eigenvalue weighted by atomic mass is 16.5. The van der Waals surface area contributed by atoms with Crippen LogP contribution >= 0.6 is 0 Å². The molecule has 0 atom stereocenters. The van der Waals surface area contributed by atoms with Gasteiger partial charge in [0.25, 0.3) is 5.91 Å². The van der Waals surface area contributed by atoms with Gasteiger partial charge in [-0.15, -0.1) is 0 Å². The van der Waals surface area contributed by atoms with Gasteiger partial charge in [-0.1, -0.05) is 30.3 Å². The summed E-state index contributed by atoms with van der Waals surface area (Å²) in [6.45, 7) is 2.54. The molecule has 1 rings (SSSR count). The fourth-order valence-electron chi connectivity index (χ4n) is 1.86. The molecule has 1 aromatic rings. The lowest BCUT2D eigenvalue weighted by molar-refractivity contribution is -0.159. The van der Waals surface area contributed by atoms with E-state index in [-0.39, 0.29) is 0 Å². The van der Waals surface area contributed by atoms with E-state index in [1.54, 1.807) is 6.08 Å². The van der Waals surface area contributed by atoms with Crippen molar-refractivity contribution in [2.75, 3.05) is 26.2 Å². The van der Waals surface area contributed by atoms with Gasteiger partial charge in [0.2, 0.25) is 0 Å². The Morgan fingerprint density at radius 1 is 1.09 bits per heavy atom. The molecule has 0 saturated heterocycles. The van der Waals surface area contributed by atoms with Crippen LogP contribution in [0.1, 0.15) is 24.8 Å². The van der Waals surface area contributed by atoms with E-state index in [0.29, 0.717) is 13.1 Å². The molecule has 1 aromatic carbocycles. The third-order valence-corrected chi connectivity index (χ3v) is 3.09. The first-order valence-electron chi connectivity index (χ1n) is 7.55. The fraction of sp³-hybridized carbons (Fsp3) is 0.438. The fourth-order valence-corrected chi connectivity index (χ4v) is 1.86. The molecule has 22 heavy (non-hydrogen) atoms. The van der Waals surface area contributed by atoms with Crippen molar-refractivity contribution in [1.82, 2.24) is 15.9 Å². The van der Waals surface area contributed by atoms with E-state index in [1.807, 2.05) is 30.3 Å². The second-order valence-electron chi connectivity index (χ2n) is 4.92. The van der Waals surface area contributed by atoms with Crippen LogP contribution in [0, 0.1) is 0 Å². The highest BCUT2D eigenvalue weighted by Crippen LogP contribution is 2.02. The molecule has 1 amide bonds. The molecule has 6 nitrogen and oxygen atoms in total. The molecule has 4 N–H and O–H groups in total. The van der Waals surface area contributed by atoms with Crippen LogP contribution in [0.5, 0.6) is 0 Å². The number of carbonyl (C=O) groups excluding carboxylic acids is 1. The maximum atomic E-state index is 11.7. The highest BCUT2D eigenvalue weighted by Gasteiger charge is 2.06. The SMILES string of the molecule is O=C(C=Cc1ccccc1)N(O)CCCCNCCCNO. The minimum atomic E-state index is -0.411. The average molecular weight is 307 g/mol. The first-order chi connectivity index (χ1) is 10.7. The zero-order valence-electron chi connectivity index (χ0n) is 12.7. The summed E-state index contributed by atoms with van der Waals surface area (Å²) in [7, 11) is 0. The predicted molar refractivity (Wildman–Crippen MR) is 85.5 cm³/mol. The molecule has 6 heteroatoms. The van der Waals surface area contributed by atoms with Crippen molar-refractivity contribution < 1.29 is 15.2 Å². The summed E-state index contributed by atoms with van der Waals surface area (Å²) in [5.41, 5.74) is 3.02. The number of hydrogen-bond donors (Lipinski definition) is 4. The Kier molecular flexibility index (Phi) is 9.89. The van der Waals surface area contributed by atoms with Gasteiger partial charge in [0.15, 0.2) is 0 Å². The lowest BCUT2D eigenvalue weighted by Gasteiger charge is -2.12. The number of amides is 1. The van der Waals surface area contributed by atoms with Crippen molar-refractivity contribution >= 4 is 12.0 Å². The van der Waals surface area contributed by atoms with Crippen molar-refractivity contribution in [1.29, 1.82) is 0 Å². The minimum Gasteiger partial charge on any atom is -0.317 e. The van der Waals surface area contributed by atoms with Gasteiger partial charge in [-0.25, -0.2) is 10.5 Å². The molecule has 0 aliphatic carbocycles. The number of hydrogen-bond acceptors (Lipinski definition) is 5. The Bertz CT molecular complexity index is 438. The molecule has 0 saturated carbocycles. The number of rotatable bonds is 11. The van der Waals surface area contributed by atoms with E-state index >= 15 is 0 Å². The van der Waals surface area contributed by atoms with Crippen LogP contribution in [0.4, 0.5) is 0 Å². The second-order valence-corrected chi connectivity index (χ2v) is 4.92. The number of carbonyl (C=O) groups is 1. The normalized spacial score (nSPS) is 11.0. The van der Waals surface area contributed by atoms with E-state index in [1.165, 1.54) is 6.08 Å². The Morgan fingerprint density at radius 2 is 1.82 bits per heavy atom. The Labute approximate surface area is 131 Å². The van der Waals surface area contributed by atoms with Gasteiger partial charge in [0.1, 0.15) is 0 Å². The Balaban J connectivity index is 2.10. The Hall–Kier alpha value is -1.73. The molecule has 0 unspecified atom stereocenters. The molecule has 122 valence electrons. The standard InChI is InChI=1S/C16H25N3O3/c20-16(10-9-15-7-2-1-3-8-15)19(22)14-5-4-11-17-12-6-13-18-21/h1-3,7-10,17-18,21-22H,4-6,11-14H2. The third-order valence-electron chi connectivity index (χ3n) is 3.09. The molecule has 0 radical (unpaired) electrons. The van der Waals surface area contributed by atoms with Crippen LogP contribution in [-0.4, -0.2) is 47.6 Å². The zero-order valence-corrected chi connectivity index (χ0v) is 12.7. The lowest BCUT2D eigenvalue weighted by atomic mass is 10.2. The summed E-state index contributed by atoms with van der Waals surface area (Å²) in [6.07, 6.45) is 5.51. The van der Waals surface area contributed by atoms with Crippen molar-refractivity contribution in [3.63, 3.8) is 0 Å². The molecule has 0 spiro atoms. The first kappa shape index (κ1) is 18.3. The van der Waals surface area contributed by atoms with Crippen LogP contribution in [0.15, 0.2) is 36.4 Å². The molecule has 0 aliphatic heterocycles. The summed E-state index contributed by atoms with van der Waals surface area (Å²) in [6, 6.07) is 9.48. The minimum absolute atomic E-state index is 0.317. The smallest absolute Gasteiger partial charge is 0.269 e. The molecule has 0 heterocycles. The van der Waals surface area contributed by atoms with Crippen molar-refractivity contribution in [2.24, 2.45) is 0 Å². The van der Waals surface area contributed by atoms with E-state index in [4.69, 9.17) is 5.21 Å². The van der Waals surface area contributed by atoms with Gasteiger partial charge >= 0.3 is 0 Å². The lowest BCUT2D eigenvalue weighted by Crippen LogP contribution is -2.27. The van der Waals surface area contributed by atoms with E-state index < -0.39 is 5.91 Å². The average Bonchev–Trinajstić information content (AvgIpc) is 2.55. The number of nitrogens with zero attached hydrogens (tertiary/aromatic N) is 1. The van der Waals surface area contributed by atoms with Gasteiger partial charge in [-0.3, -0.25) is 10.0 Å². The number of hydroxylamine groups is 3. The van der Waals surface area contributed by atoms with Crippen molar-refractivity contribution in [2.45, 2.75) is 19.3 Å². The van der Waals surface area contributed by atoms with Crippen molar-refractivity contribution in [3.8, 4) is 0 Å². The van der Waals surface area contributed by atoms with Gasteiger partial charge in [0, 0.05) is 19.2 Å². The third kappa shape index (κ3) is 8.53. The monoisotopic (exact) mass is 307 g/mol. The summed E-state index contributed by atoms with van der Waals surface area (Å²) in [5, 5.41) is 22.0. The predicted octanol–water partition coefficient (Wildman–Crippen LogP) is 1.66. The molecule has 0 aromatic heterocycles. The molecule has 0 bridgehead atoms. The first-order valence-corrected chi connectivity index (χ1v) is 7.55. The van der Waals surface area contributed by atoms with Gasteiger partial charge in [-0.2, -0.15) is 0 Å². The van der Waals surface area contributed by atoms with Gasteiger partial charge < -0.3 is 10.5 Å². The summed E-state index contributed by atoms with van der Waals surface area (Å²) < 4.78 is 0. The molecule has 0 fully saturated rings. The molecular weight excluding hydrogens is 282 g/mol. The summed E-state index contributed by atoms with van der Waals surface area (Å²) in [5.74, 6) is -0.411. The van der Waals surface area contributed by atoms with Crippen LogP contribution in [0.3, 0.4) is 0 Å². The Morgan fingerprint density at radius 3 is 2.55 bits per heavy atom. The summed E-state index contributed by atoms with van der Waals surface area (Å²) in [4.78, 5) is 11.7. The highest BCUT2D eigenvalue weighted by molar-refractivity contribution is 5.90. The maximum Gasteiger partial charge on any atom is 0.269 e. The second kappa shape index (κ2) is 11.9. The maximum absolute atomic E-state index is 11.7.